The van der Waals surface area contributed by atoms with Gasteiger partial charge in [0.25, 0.3) is 0 Å². The molecule has 1 aromatic rings. The van der Waals surface area contributed by atoms with Crippen LogP contribution in [0, 0.1) is 19.8 Å². The Morgan fingerprint density at radius 3 is 2.80 bits per heavy atom. The van der Waals surface area contributed by atoms with Crippen molar-refractivity contribution in [1.29, 1.82) is 0 Å². The van der Waals surface area contributed by atoms with Crippen molar-refractivity contribution in [2.24, 2.45) is 5.92 Å². The third-order valence-corrected chi connectivity index (χ3v) is 4.15. The molecule has 0 aromatic heterocycles. The molecular weight excluding hydrogens is 252 g/mol. The van der Waals surface area contributed by atoms with Crippen LogP contribution >= 0.6 is 0 Å². The fourth-order valence-electron chi connectivity index (χ4n) is 2.62. The van der Waals surface area contributed by atoms with E-state index in [2.05, 4.69) is 17.1 Å². The van der Waals surface area contributed by atoms with Gasteiger partial charge in [0.15, 0.2) is 0 Å². The van der Waals surface area contributed by atoms with Crippen molar-refractivity contribution in [2.75, 3.05) is 25.0 Å². The lowest BCUT2D eigenvalue weighted by Crippen LogP contribution is -2.32. The van der Waals surface area contributed by atoms with Crippen LogP contribution < -0.4 is 5.32 Å². The molecule has 0 aliphatic carbocycles. The number of aryl methyl sites for hydroxylation is 2. The van der Waals surface area contributed by atoms with Gasteiger partial charge in [0.2, 0.25) is 5.91 Å². The fraction of sp³-hybridized carbons (Fsp3) is 0.562. The second-order valence-corrected chi connectivity index (χ2v) is 5.87. The van der Waals surface area contributed by atoms with Crippen LogP contribution in [0.15, 0.2) is 18.2 Å². The highest BCUT2D eigenvalue weighted by molar-refractivity contribution is 5.92. The predicted molar refractivity (Wildman–Crippen MR) is 80.8 cm³/mol. The molecule has 2 N–H and O–H groups in total. The summed E-state index contributed by atoms with van der Waals surface area (Å²) in [5.74, 6) is 0.309. The molecule has 20 heavy (non-hydrogen) atoms. The first-order valence-corrected chi connectivity index (χ1v) is 7.23. The van der Waals surface area contributed by atoms with Crippen molar-refractivity contribution in [1.82, 2.24) is 4.90 Å². The summed E-state index contributed by atoms with van der Waals surface area (Å²) < 4.78 is 0. The topological polar surface area (TPSA) is 52.6 Å². The zero-order valence-corrected chi connectivity index (χ0v) is 12.5. The Morgan fingerprint density at radius 2 is 2.20 bits per heavy atom. The largest absolute Gasteiger partial charge is 0.393 e. The van der Waals surface area contributed by atoms with Gasteiger partial charge >= 0.3 is 0 Å². The SMILES string of the molecule is Cc1ccc(NC(=O)CN2CC[C@@H]([C@@H](C)O)C2)cc1C. The van der Waals surface area contributed by atoms with Gasteiger partial charge in [-0.1, -0.05) is 6.07 Å². The zero-order chi connectivity index (χ0) is 14.7. The molecule has 1 aliphatic heterocycles. The zero-order valence-electron chi connectivity index (χ0n) is 12.5. The second kappa shape index (κ2) is 6.37. The number of aliphatic hydroxyl groups is 1. The van der Waals surface area contributed by atoms with Crippen molar-refractivity contribution >= 4 is 11.6 Å². The minimum Gasteiger partial charge on any atom is -0.393 e. The molecule has 2 atom stereocenters. The molecule has 4 heteroatoms. The molecule has 4 nitrogen and oxygen atoms in total. The first-order valence-electron chi connectivity index (χ1n) is 7.23. The van der Waals surface area contributed by atoms with E-state index in [0.29, 0.717) is 12.5 Å². The summed E-state index contributed by atoms with van der Waals surface area (Å²) in [5, 5.41) is 12.5. The molecule has 1 saturated heterocycles. The quantitative estimate of drug-likeness (QED) is 0.883. The molecule has 1 aliphatic rings. The second-order valence-electron chi connectivity index (χ2n) is 5.87. The molecule has 0 unspecified atom stereocenters. The number of carbonyl (C=O) groups is 1. The third-order valence-electron chi connectivity index (χ3n) is 4.15. The molecule has 110 valence electrons. The number of hydrogen-bond acceptors (Lipinski definition) is 3. The van der Waals surface area contributed by atoms with Gasteiger partial charge in [-0.15, -0.1) is 0 Å². The van der Waals surface area contributed by atoms with Crippen molar-refractivity contribution in [3.63, 3.8) is 0 Å². The molecule has 1 heterocycles. The minimum absolute atomic E-state index is 0.0134. The highest BCUT2D eigenvalue weighted by Gasteiger charge is 2.26. The number of aliphatic hydroxyl groups excluding tert-OH is 1. The van der Waals surface area contributed by atoms with Crippen LogP contribution in [0.1, 0.15) is 24.5 Å². The van der Waals surface area contributed by atoms with Crippen LogP contribution in [-0.4, -0.2) is 41.7 Å². The summed E-state index contributed by atoms with van der Waals surface area (Å²) in [7, 11) is 0. The van der Waals surface area contributed by atoms with E-state index in [-0.39, 0.29) is 12.0 Å². The maximum absolute atomic E-state index is 12.0. The van der Waals surface area contributed by atoms with Crippen LogP contribution in [0.4, 0.5) is 5.69 Å². The Kier molecular flexibility index (Phi) is 4.78. The van der Waals surface area contributed by atoms with Crippen molar-refractivity contribution in [3.8, 4) is 0 Å². The van der Waals surface area contributed by atoms with Crippen molar-refractivity contribution in [2.45, 2.75) is 33.3 Å². The van der Waals surface area contributed by atoms with Crippen LogP contribution in [0.2, 0.25) is 0 Å². The number of likely N-dealkylation sites (tertiary alicyclic amines) is 1. The number of carbonyl (C=O) groups excluding carboxylic acids is 1. The summed E-state index contributed by atoms with van der Waals surface area (Å²) in [6.45, 7) is 8.01. The number of nitrogens with zero attached hydrogens (tertiary/aromatic N) is 1. The van der Waals surface area contributed by atoms with Gasteiger partial charge in [-0.3, -0.25) is 9.69 Å². The Bertz CT molecular complexity index is 485. The Morgan fingerprint density at radius 1 is 1.45 bits per heavy atom. The van der Waals surface area contributed by atoms with Gasteiger partial charge in [-0.25, -0.2) is 0 Å². The summed E-state index contributed by atoms with van der Waals surface area (Å²) in [6, 6.07) is 5.95. The lowest BCUT2D eigenvalue weighted by Gasteiger charge is -2.17. The van der Waals surface area contributed by atoms with E-state index < -0.39 is 0 Å². The number of benzene rings is 1. The van der Waals surface area contributed by atoms with Crippen LogP contribution in [0.5, 0.6) is 0 Å². The smallest absolute Gasteiger partial charge is 0.238 e. The fourth-order valence-corrected chi connectivity index (χ4v) is 2.62. The number of anilines is 1. The third kappa shape index (κ3) is 3.81. The highest BCUT2D eigenvalue weighted by atomic mass is 16.3. The van der Waals surface area contributed by atoms with E-state index in [1.165, 1.54) is 11.1 Å². The molecule has 0 bridgehead atoms. The average molecular weight is 276 g/mol. The summed E-state index contributed by atoms with van der Waals surface area (Å²) >= 11 is 0. The highest BCUT2D eigenvalue weighted by Crippen LogP contribution is 2.19. The molecule has 2 rings (SSSR count). The monoisotopic (exact) mass is 276 g/mol. The van der Waals surface area contributed by atoms with E-state index in [1.54, 1.807) is 0 Å². The molecular formula is C16H24N2O2. The maximum atomic E-state index is 12.0. The predicted octanol–water partition coefficient (Wildman–Crippen LogP) is 1.94. The van der Waals surface area contributed by atoms with Crippen LogP contribution in [0.3, 0.4) is 0 Å². The van der Waals surface area contributed by atoms with Gasteiger partial charge in [-0.2, -0.15) is 0 Å². The first kappa shape index (κ1) is 15.0. The lowest BCUT2D eigenvalue weighted by molar-refractivity contribution is -0.117. The number of amides is 1. The molecule has 1 amide bonds. The van der Waals surface area contributed by atoms with Gasteiger partial charge in [0.05, 0.1) is 12.6 Å². The molecule has 1 aromatic carbocycles. The average Bonchev–Trinajstić information content (AvgIpc) is 2.82. The number of hydrogen-bond donors (Lipinski definition) is 2. The Labute approximate surface area is 120 Å². The summed E-state index contributed by atoms with van der Waals surface area (Å²) in [6.07, 6.45) is 0.678. The maximum Gasteiger partial charge on any atom is 0.238 e. The van der Waals surface area contributed by atoms with E-state index in [9.17, 15) is 9.90 Å². The Balaban J connectivity index is 1.85. The normalized spacial score (nSPS) is 20.9. The first-order chi connectivity index (χ1) is 9.45. The van der Waals surface area contributed by atoms with E-state index in [0.717, 1.165) is 25.2 Å². The van der Waals surface area contributed by atoms with Crippen molar-refractivity contribution in [3.05, 3.63) is 29.3 Å². The van der Waals surface area contributed by atoms with E-state index in [4.69, 9.17) is 0 Å². The number of nitrogens with one attached hydrogen (secondary N) is 1. The van der Waals surface area contributed by atoms with Gasteiger partial charge in [-0.05, 0) is 62.9 Å². The minimum atomic E-state index is -0.289. The molecule has 0 radical (unpaired) electrons. The Hall–Kier alpha value is -1.39. The van der Waals surface area contributed by atoms with Gasteiger partial charge in [0.1, 0.15) is 0 Å². The molecule has 0 spiro atoms. The number of rotatable bonds is 4. The van der Waals surface area contributed by atoms with Crippen molar-refractivity contribution < 1.29 is 9.90 Å². The standard InChI is InChI=1S/C16H24N2O2/c1-11-4-5-15(8-12(11)2)17-16(20)10-18-7-6-14(9-18)13(3)19/h4-5,8,13-14,19H,6-7,9-10H2,1-3H3,(H,17,20)/t13-,14-/m1/s1. The van der Waals surface area contributed by atoms with E-state index >= 15 is 0 Å². The van der Waals surface area contributed by atoms with Crippen LogP contribution in [0.25, 0.3) is 0 Å². The van der Waals surface area contributed by atoms with Gasteiger partial charge in [0, 0.05) is 12.2 Å². The molecule has 0 saturated carbocycles. The lowest BCUT2D eigenvalue weighted by atomic mass is 10.0. The summed E-state index contributed by atoms with van der Waals surface area (Å²) in [4.78, 5) is 14.1. The summed E-state index contributed by atoms with van der Waals surface area (Å²) in [5.41, 5.74) is 3.25. The van der Waals surface area contributed by atoms with E-state index in [1.807, 2.05) is 32.0 Å². The van der Waals surface area contributed by atoms with Crippen LogP contribution in [-0.2, 0) is 4.79 Å². The molecule has 1 fully saturated rings. The van der Waals surface area contributed by atoms with Gasteiger partial charge < -0.3 is 10.4 Å².